The normalized spacial score (nSPS) is 11.9. The summed E-state index contributed by atoms with van der Waals surface area (Å²) in [6.07, 6.45) is 0. The molecule has 1 unspecified atom stereocenters. The van der Waals surface area contributed by atoms with Gasteiger partial charge in [0.15, 0.2) is 5.11 Å². The van der Waals surface area contributed by atoms with Crippen molar-refractivity contribution >= 4 is 38.9 Å². The first-order valence-electron chi connectivity index (χ1n) is 4.94. The van der Waals surface area contributed by atoms with Gasteiger partial charge in [-0.15, -0.1) is 0 Å². The number of nitrogens with one attached hydrogen (secondary N) is 2. The molecule has 0 spiro atoms. The Balaban J connectivity index is 2.42. The Morgan fingerprint density at radius 3 is 2.62 bits per heavy atom. The molecule has 1 rings (SSSR count). The maximum Gasteiger partial charge on any atom is 0.171 e. The molecule has 1 aromatic carbocycles. The van der Waals surface area contributed by atoms with Gasteiger partial charge in [-0.1, -0.05) is 15.9 Å². The van der Waals surface area contributed by atoms with Crippen LogP contribution in [0, 0.1) is 0 Å². The summed E-state index contributed by atoms with van der Waals surface area (Å²) < 4.78 is 6.06. The molecular weight excluding hydrogens is 288 g/mol. The van der Waals surface area contributed by atoms with Crippen molar-refractivity contribution in [2.45, 2.75) is 13.0 Å². The fourth-order valence-electron chi connectivity index (χ4n) is 1.22. The zero-order valence-corrected chi connectivity index (χ0v) is 11.7. The largest absolute Gasteiger partial charge is 0.383 e. The van der Waals surface area contributed by atoms with Crippen LogP contribution in [0.25, 0.3) is 0 Å². The molecule has 0 saturated heterocycles. The molecule has 0 amide bonds. The van der Waals surface area contributed by atoms with Gasteiger partial charge < -0.3 is 15.4 Å². The number of methoxy groups -OCH3 is 1. The molecule has 0 aliphatic heterocycles. The fourth-order valence-corrected chi connectivity index (χ4v) is 1.80. The molecule has 3 nitrogen and oxygen atoms in total. The van der Waals surface area contributed by atoms with E-state index in [1.165, 1.54) is 0 Å². The molecular formula is C11H15BrN2OS. The molecule has 0 aliphatic carbocycles. The van der Waals surface area contributed by atoms with Crippen LogP contribution in [0.1, 0.15) is 6.92 Å². The SMILES string of the molecule is COCC(C)NC(=S)Nc1ccc(Br)cc1. The molecule has 0 aromatic heterocycles. The van der Waals surface area contributed by atoms with E-state index in [1.807, 2.05) is 31.2 Å². The van der Waals surface area contributed by atoms with Gasteiger partial charge in [0.1, 0.15) is 0 Å². The second-order valence-corrected chi connectivity index (χ2v) is 4.79. The maximum atomic E-state index is 5.17. The van der Waals surface area contributed by atoms with Crippen molar-refractivity contribution in [3.05, 3.63) is 28.7 Å². The van der Waals surface area contributed by atoms with Gasteiger partial charge in [0.25, 0.3) is 0 Å². The van der Waals surface area contributed by atoms with Gasteiger partial charge in [0.05, 0.1) is 6.61 Å². The minimum Gasteiger partial charge on any atom is -0.383 e. The van der Waals surface area contributed by atoms with Crippen LogP contribution in [0.4, 0.5) is 5.69 Å². The minimum absolute atomic E-state index is 0.195. The van der Waals surface area contributed by atoms with E-state index in [2.05, 4.69) is 26.6 Å². The third-order valence-electron chi connectivity index (χ3n) is 1.90. The smallest absolute Gasteiger partial charge is 0.171 e. The van der Waals surface area contributed by atoms with Crippen molar-refractivity contribution < 1.29 is 4.74 Å². The van der Waals surface area contributed by atoms with Gasteiger partial charge in [0.2, 0.25) is 0 Å². The summed E-state index contributed by atoms with van der Waals surface area (Å²) in [5.41, 5.74) is 0.963. The molecule has 0 bridgehead atoms. The van der Waals surface area contributed by atoms with Gasteiger partial charge in [-0.25, -0.2) is 0 Å². The molecule has 5 heteroatoms. The molecule has 1 atom stereocenters. The molecule has 0 heterocycles. The van der Waals surface area contributed by atoms with E-state index in [4.69, 9.17) is 17.0 Å². The van der Waals surface area contributed by atoms with E-state index in [0.29, 0.717) is 11.7 Å². The first kappa shape index (κ1) is 13.4. The first-order chi connectivity index (χ1) is 7.61. The van der Waals surface area contributed by atoms with E-state index < -0.39 is 0 Å². The van der Waals surface area contributed by atoms with Crippen molar-refractivity contribution in [2.24, 2.45) is 0 Å². The van der Waals surface area contributed by atoms with Crippen LogP contribution in [0.3, 0.4) is 0 Å². The maximum absolute atomic E-state index is 5.17. The van der Waals surface area contributed by atoms with Crippen molar-refractivity contribution in [2.75, 3.05) is 19.0 Å². The summed E-state index contributed by atoms with van der Waals surface area (Å²) in [5, 5.41) is 6.83. The Bertz CT molecular complexity index is 342. The van der Waals surface area contributed by atoms with Crippen molar-refractivity contribution in [1.82, 2.24) is 5.32 Å². The molecule has 16 heavy (non-hydrogen) atoms. The summed E-state index contributed by atoms with van der Waals surface area (Å²) in [7, 11) is 1.67. The predicted molar refractivity (Wildman–Crippen MR) is 74.8 cm³/mol. The average Bonchev–Trinajstić information content (AvgIpc) is 2.21. The van der Waals surface area contributed by atoms with Crippen LogP contribution in [0.15, 0.2) is 28.7 Å². The Kier molecular flexibility index (Phi) is 5.73. The van der Waals surface area contributed by atoms with Crippen molar-refractivity contribution in [3.63, 3.8) is 0 Å². The highest BCUT2D eigenvalue weighted by Crippen LogP contribution is 2.13. The van der Waals surface area contributed by atoms with Crippen molar-refractivity contribution in [1.29, 1.82) is 0 Å². The van der Waals surface area contributed by atoms with E-state index >= 15 is 0 Å². The van der Waals surface area contributed by atoms with Gasteiger partial charge in [0, 0.05) is 23.3 Å². The number of hydrogen-bond donors (Lipinski definition) is 2. The first-order valence-corrected chi connectivity index (χ1v) is 6.14. The van der Waals surface area contributed by atoms with Crippen LogP contribution in [-0.4, -0.2) is 24.9 Å². The molecule has 0 saturated carbocycles. The highest BCUT2D eigenvalue weighted by Gasteiger charge is 2.03. The summed E-state index contributed by atoms with van der Waals surface area (Å²) in [6.45, 7) is 2.64. The van der Waals surface area contributed by atoms with Crippen molar-refractivity contribution in [3.8, 4) is 0 Å². The van der Waals surface area contributed by atoms with Crippen LogP contribution in [0.2, 0.25) is 0 Å². The summed E-state index contributed by atoms with van der Waals surface area (Å²) in [5.74, 6) is 0. The summed E-state index contributed by atoms with van der Waals surface area (Å²) in [4.78, 5) is 0. The van der Waals surface area contributed by atoms with Crippen LogP contribution in [-0.2, 0) is 4.74 Å². The minimum atomic E-state index is 0.195. The molecule has 0 aliphatic rings. The number of ether oxygens (including phenoxy) is 1. The van der Waals surface area contributed by atoms with Gasteiger partial charge in [-0.2, -0.15) is 0 Å². The lowest BCUT2D eigenvalue weighted by molar-refractivity contribution is 0.179. The average molecular weight is 303 g/mol. The highest BCUT2D eigenvalue weighted by molar-refractivity contribution is 9.10. The quantitative estimate of drug-likeness (QED) is 0.838. The lowest BCUT2D eigenvalue weighted by atomic mass is 10.3. The Hall–Kier alpha value is -0.650. The topological polar surface area (TPSA) is 33.3 Å². The summed E-state index contributed by atoms with van der Waals surface area (Å²) in [6, 6.07) is 8.03. The number of halogens is 1. The lowest BCUT2D eigenvalue weighted by Crippen LogP contribution is -2.38. The third-order valence-corrected chi connectivity index (χ3v) is 2.64. The molecule has 0 radical (unpaired) electrons. The number of thiocarbonyl (C=S) groups is 1. The van der Waals surface area contributed by atoms with E-state index in [-0.39, 0.29) is 6.04 Å². The third kappa shape index (κ3) is 4.92. The number of benzene rings is 1. The molecule has 88 valence electrons. The standard InChI is InChI=1S/C11H15BrN2OS/c1-8(7-15-2)13-11(16)14-10-5-3-9(12)4-6-10/h3-6,8H,7H2,1-2H3,(H2,13,14,16). The van der Waals surface area contributed by atoms with Crippen LogP contribution < -0.4 is 10.6 Å². The zero-order chi connectivity index (χ0) is 12.0. The Morgan fingerprint density at radius 2 is 2.06 bits per heavy atom. The fraction of sp³-hybridized carbons (Fsp3) is 0.364. The lowest BCUT2D eigenvalue weighted by Gasteiger charge is -2.16. The monoisotopic (exact) mass is 302 g/mol. The van der Waals surface area contributed by atoms with Crippen LogP contribution in [0.5, 0.6) is 0 Å². The van der Waals surface area contributed by atoms with Crippen LogP contribution >= 0.6 is 28.1 Å². The molecule has 2 N–H and O–H groups in total. The predicted octanol–water partition coefficient (Wildman–Crippen LogP) is 2.77. The van der Waals surface area contributed by atoms with Gasteiger partial charge in [-0.05, 0) is 43.4 Å². The zero-order valence-electron chi connectivity index (χ0n) is 9.29. The molecule has 0 fully saturated rings. The number of anilines is 1. The Labute approximate surface area is 110 Å². The number of hydrogen-bond acceptors (Lipinski definition) is 2. The van der Waals surface area contributed by atoms with Gasteiger partial charge in [-0.3, -0.25) is 0 Å². The van der Waals surface area contributed by atoms with E-state index in [1.54, 1.807) is 7.11 Å². The second kappa shape index (κ2) is 6.83. The Morgan fingerprint density at radius 1 is 1.44 bits per heavy atom. The molecule has 1 aromatic rings. The second-order valence-electron chi connectivity index (χ2n) is 3.46. The van der Waals surface area contributed by atoms with Gasteiger partial charge >= 0.3 is 0 Å². The highest BCUT2D eigenvalue weighted by atomic mass is 79.9. The summed E-state index contributed by atoms with van der Waals surface area (Å²) >= 11 is 8.55. The van der Waals surface area contributed by atoms with E-state index in [0.717, 1.165) is 10.2 Å². The van der Waals surface area contributed by atoms with E-state index in [9.17, 15) is 0 Å². The number of rotatable bonds is 4.